The molecule has 79 heavy (non-hydrogen) atoms. The van der Waals surface area contributed by atoms with Crippen LogP contribution in [0.5, 0.6) is 11.5 Å². The van der Waals surface area contributed by atoms with Crippen molar-refractivity contribution >= 4 is 44.6 Å². The number of hydrogen-bond acceptors (Lipinski definition) is 4. The monoisotopic (exact) mass is 1210 g/mol. The van der Waals surface area contributed by atoms with E-state index in [9.17, 15) is 0 Å². The average Bonchev–Trinajstić information content (AvgIpc) is 4.02. The molecule has 8 heteroatoms. The maximum absolute atomic E-state index is 16.0. The molecule has 386 valence electrons. The maximum atomic E-state index is 16.0. The zero-order chi connectivity index (χ0) is 52.7. The van der Waals surface area contributed by atoms with Gasteiger partial charge in [-0.15, -0.1) is 48.1 Å². The Balaban J connectivity index is 0.00000591. The molecule has 0 fully saturated rings. The van der Waals surface area contributed by atoms with Gasteiger partial charge in [0, 0.05) is 72.5 Å². The Hall–Kier alpha value is -8.90. The van der Waals surface area contributed by atoms with Crippen LogP contribution in [0.25, 0.3) is 61.0 Å². The van der Waals surface area contributed by atoms with E-state index in [2.05, 4.69) is 193 Å². The molecule has 14 rings (SSSR count). The minimum atomic E-state index is -1.11. The van der Waals surface area contributed by atoms with Gasteiger partial charge < -0.3 is 19.1 Å². The number of anilines is 4. The van der Waals surface area contributed by atoms with Gasteiger partial charge in [0.15, 0.2) is 0 Å². The summed E-state index contributed by atoms with van der Waals surface area (Å²) in [6.07, 6.45) is 1.88. The second kappa shape index (κ2) is 19.5. The van der Waals surface area contributed by atoms with E-state index in [4.69, 9.17) is 9.72 Å². The summed E-state index contributed by atoms with van der Waals surface area (Å²) in [5, 5.41) is 2.16. The summed E-state index contributed by atoms with van der Waals surface area (Å²) in [6.45, 7) is 8.76. The Morgan fingerprint density at radius 2 is 1.09 bits per heavy atom. The van der Waals surface area contributed by atoms with Crippen molar-refractivity contribution in [3.63, 3.8) is 0 Å². The van der Waals surface area contributed by atoms with Crippen LogP contribution in [0.3, 0.4) is 0 Å². The number of halogens is 2. The number of ether oxygens (including phenoxy) is 1. The van der Waals surface area contributed by atoms with E-state index in [1.807, 2.05) is 72.9 Å². The van der Waals surface area contributed by atoms with Crippen molar-refractivity contribution in [2.75, 3.05) is 9.80 Å². The van der Waals surface area contributed by atoms with Crippen molar-refractivity contribution in [1.29, 1.82) is 0 Å². The van der Waals surface area contributed by atoms with Crippen LogP contribution in [-0.4, -0.2) is 9.55 Å². The molecule has 0 atom stereocenters. The van der Waals surface area contributed by atoms with Gasteiger partial charge in [0.25, 0.3) is 0 Å². The Morgan fingerprint density at radius 1 is 0.506 bits per heavy atom. The number of hydrogen-bond donors (Lipinski definition) is 0. The molecule has 3 heterocycles. The molecule has 0 saturated heterocycles. The van der Waals surface area contributed by atoms with Gasteiger partial charge in [0.05, 0.1) is 5.41 Å². The molecule has 0 amide bonds. The van der Waals surface area contributed by atoms with Gasteiger partial charge in [0.1, 0.15) is 17.5 Å². The summed E-state index contributed by atoms with van der Waals surface area (Å²) < 4.78 is 40.8. The first-order valence-electron chi connectivity index (χ1n) is 26.2. The van der Waals surface area contributed by atoms with E-state index >= 15 is 8.78 Å². The van der Waals surface area contributed by atoms with Crippen molar-refractivity contribution in [3.05, 3.63) is 295 Å². The maximum Gasteiger partial charge on any atom is 0.135 e. The van der Waals surface area contributed by atoms with Crippen LogP contribution < -0.4 is 14.5 Å². The molecule has 5 nitrogen and oxygen atoms in total. The largest absolute Gasteiger partial charge is 0.509 e. The van der Waals surface area contributed by atoms with E-state index in [0.717, 1.165) is 106 Å². The molecular formula is C71H49F2N4OPt-3. The van der Waals surface area contributed by atoms with Crippen LogP contribution in [0.4, 0.5) is 31.5 Å². The zero-order valence-corrected chi connectivity index (χ0v) is 45.6. The second-order valence-electron chi connectivity index (χ2n) is 21.1. The van der Waals surface area contributed by atoms with Crippen molar-refractivity contribution in [3.8, 4) is 50.7 Å². The van der Waals surface area contributed by atoms with E-state index in [0.29, 0.717) is 11.5 Å². The Morgan fingerprint density at radius 3 is 1.73 bits per heavy atom. The van der Waals surface area contributed by atoms with Crippen molar-refractivity contribution in [2.24, 2.45) is 0 Å². The molecule has 12 aromatic rings. The molecule has 10 aromatic carbocycles. The molecule has 1 aliphatic heterocycles. The smallest absolute Gasteiger partial charge is 0.135 e. The zero-order valence-electron chi connectivity index (χ0n) is 43.4. The third-order valence-electron chi connectivity index (χ3n) is 15.5. The number of rotatable bonds is 9. The standard InChI is InChI=1S/C71H49F2N4O.Pt/c1-70(2,3)49-36-37-74-68(40-49)77-64-27-14-13-26-58(64)59-35-32-55(44-67(59)77)78-54-25-17-24-53(43-54)75-45-76(66-29-16-15-28-65(66)75)69-60(46-18-7-4-8-19-46)38-50(39-61(69)47-20-9-5-10-21-47)71(48-22-11-6-12-23-48)62-41-51(72)30-33-56(62)57-34-31-52(73)42-63(57)71;/h4-42,45H,1-3H3;/q-3;. The topological polar surface area (TPSA) is 33.5 Å². The summed E-state index contributed by atoms with van der Waals surface area (Å²) in [6, 6.07) is 83.6. The van der Waals surface area contributed by atoms with Gasteiger partial charge in [-0.1, -0.05) is 160 Å². The normalized spacial score (nSPS) is 13.3. The fourth-order valence-corrected chi connectivity index (χ4v) is 11.9. The quantitative estimate of drug-likeness (QED) is 0.135. The van der Waals surface area contributed by atoms with Gasteiger partial charge in [-0.3, -0.25) is 0 Å². The summed E-state index contributed by atoms with van der Waals surface area (Å²) in [7, 11) is 0. The molecule has 2 aliphatic rings. The van der Waals surface area contributed by atoms with E-state index in [-0.39, 0.29) is 38.1 Å². The average molecular weight is 1210 g/mol. The van der Waals surface area contributed by atoms with Gasteiger partial charge in [-0.2, -0.15) is 12.1 Å². The Labute approximate surface area is 472 Å². The van der Waals surface area contributed by atoms with E-state index < -0.39 is 5.41 Å². The van der Waals surface area contributed by atoms with Crippen LogP contribution in [-0.2, 0) is 31.9 Å². The van der Waals surface area contributed by atoms with Crippen LogP contribution in [0.2, 0.25) is 0 Å². The minimum absolute atomic E-state index is 0. The molecule has 0 unspecified atom stereocenters. The fraction of sp³-hybridized carbons (Fsp3) is 0.0704. The summed E-state index contributed by atoms with van der Waals surface area (Å²) in [4.78, 5) is 9.29. The predicted molar refractivity (Wildman–Crippen MR) is 311 cm³/mol. The van der Waals surface area contributed by atoms with Gasteiger partial charge >= 0.3 is 0 Å². The van der Waals surface area contributed by atoms with Gasteiger partial charge in [-0.05, 0) is 128 Å². The number of benzene rings is 10. The molecule has 1 aliphatic carbocycles. The van der Waals surface area contributed by atoms with Crippen LogP contribution >= 0.6 is 0 Å². The molecule has 0 bridgehead atoms. The van der Waals surface area contributed by atoms with Crippen molar-refractivity contribution < 1.29 is 34.6 Å². The number of aromatic nitrogens is 2. The number of nitrogens with zero attached hydrogens (tertiary/aromatic N) is 4. The van der Waals surface area contributed by atoms with Gasteiger partial charge in [-0.25, -0.2) is 13.8 Å². The fourth-order valence-electron chi connectivity index (χ4n) is 11.9. The third-order valence-corrected chi connectivity index (χ3v) is 15.5. The van der Waals surface area contributed by atoms with Crippen LogP contribution in [0, 0.1) is 30.4 Å². The SMILES string of the molecule is CC(C)(C)c1ccnc(-n2c3[c-]c(Oc4[c-]c(N5[CH-]N(c6c(-c7ccccc7)cc(C7(c8ccccc8)c8cc(F)ccc8-c8ccc(F)cc87)cc6-c6ccccc6)c6ccccc65)ccc4)ccc3c3ccccc32)c1.[Pt]. The summed E-state index contributed by atoms with van der Waals surface area (Å²) >= 11 is 0. The first-order valence-corrected chi connectivity index (χ1v) is 26.2. The molecular weight excluding hydrogens is 1160 g/mol. The summed E-state index contributed by atoms with van der Waals surface area (Å²) in [5.74, 6) is 1.17. The summed E-state index contributed by atoms with van der Waals surface area (Å²) in [5.41, 5.74) is 14.3. The van der Waals surface area contributed by atoms with Crippen LogP contribution in [0.1, 0.15) is 48.6 Å². The molecule has 0 N–H and O–H groups in total. The van der Waals surface area contributed by atoms with Crippen molar-refractivity contribution in [1.82, 2.24) is 9.55 Å². The number of fused-ring (bicyclic) bond motifs is 7. The molecule has 0 radical (unpaired) electrons. The van der Waals surface area contributed by atoms with Gasteiger partial charge in [0.2, 0.25) is 0 Å². The minimum Gasteiger partial charge on any atom is -0.509 e. The Kier molecular flexibility index (Phi) is 12.3. The number of para-hydroxylation sites is 3. The van der Waals surface area contributed by atoms with E-state index in [1.165, 1.54) is 17.7 Å². The predicted octanol–water partition coefficient (Wildman–Crippen LogP) is 18.3. The number of pyridine rings is 1. The Bertz CT molecular complexity index is 4190. The molecule has 0 spiro atoms. The van der Waals surface area contributed by atoms with Crippen LogP contribution in [0.15, 0.2) is 237 Å². The first kappa shape index (κ1) is 49.7. The van der Waals surface area contributed by atoms with E-state index in [1.54, 1.807) is 12.1 Å². The second-order valence-corrected chi connectivity index (χ2v) is 21.1. The molecule has 2 aromatic heterocycles. The third kappa shape index (κ3) is 8.26. The molecule has 0 saturated carbocycles. The van der Waals surface area contributed by atoms with Crippen molar-refractivity contribution in [2.45, 2.75) is 31.6 Å². The first-order chi connectivity index (χ1) is 38.1.